The van der Waals surface area contributed by atoms with Crippen LogP contribution in [0.2, 0.25) is 0 Å². The maximum atomic E-state index is 11.9. The summed E-state index contributed by atoms with van der Waals surface area (Å²) in [6, 6.07) is 13.8. The van der Waals surface area contributed by atoms with Crippen molar-refractivity contribution in [2.45, 2.75) is 26.2 Å². The lowest BCUT2D eigenvalue weighted by molar-refractivity contribution is -0.401. The van der Waals surface area contributed by atoms with Crippen LogP contribution >= 0.6 is 0 Å². The fourth-order valence-electron chi connectivity index (χ4n) is 3.60. The van der Waals surface area contributed by atoms with E-state index in [4.69, 9.17) is 9.47 Å². The maximum absolute atomic E-state index is 11.9. The third-order valence-corrected chi connectivity index (χ3v) is 5.08. The Morgan fingerprint density at radius 1 is 1.11 bits per heavy atom. The quantitative estimate of drug-likeness (QED) is 0.363. The number of rotatable bonds is 5. The lowest BCUT2D eigenvalue weighted by Gasteiger charge is -2.16. The zero-order chi connectivity index (χ0) is 19.6. The van der Waals surface area contributed by atoms with E-state index < -0.39 is 0 Å². The van der Waals surface area contributed by atoms with Crippen molar-refractivity contribution in [1.29, 1.82) is 0 Å². The first-order valence-electron chi connectivity index (χ1n) is 9.13. The average molecular weight is 491 g/mol. The largest absolute Gasteiger partial charge is 1.00 e. The molecule has 2 aromatic rings. The van der Waals surface area contributed by atoms with Gasteiger partial charge in [0.1, 0.15) is 12.8 Å². The molecule has 3 rings (SSSR count). The Bertz CT molecular complexity index is 927. The predicted molar refractivity (Wildman–Crippen MR) is 108 cm³/mol. The van der Waals surface area contributed by atoms with Gasteiger partial charge in [0.05, 0.1) is 24.7 Å². The fraction of sp³-hybridized carbons (Fsp3) is 0.304. The number of fused-ring (bicyclic) bond motifs is 1. The summed E-state index contributed by atoms with van der Waals surface area (Å²) in [5, 5.41) is 0. The number of halogens is 1. The van der Waals surface area contributed by atoms with Gasteiger partial charge in [0.15, 0.2) is 5.71 Å². The monoisotopic (exact) mass is 491 g/mol. The van der Waals surface area contributed by atoms with Gasteiger partial charge in [0, 0.05) is 17.7 Å². The highest BCUT2D eigenvalue weighted by Gasteiger charge is 2.43. The smallest absolute Gasteiger partial charge is 0.337 e. The van der Waals surface area contributed by atoms with Crippen LogP contribution in [0.5, 0.6) is 5.75 Å². The molecule has 1 aliphatic rings. The molecule has 0 amide bonds. The Morgan fingerprint density at radius 2 is 1.79 bits per heavy atom. The SMILES string of the molecule is CCOc1ccc(C=CC2=[N+](C)c3ccc(C(=O)OC)cc3C2(C)C)cc1.[I-]. The summed E-state index contributed by atoms with van der Waals surface area (Å²) in [5.74, 6) is 0.568. The molecule has 0 radical (unpaired) electrons. The van der Waals surface area contributed by atoms with Gasteiger partial charge in [-0.3, -0.25) is 0 Å². The third-order valence-electron chi connectivity index (χ3n) is 5.08. The van der Waals surface area contributed by atoms with Gasteiger partial charge in [-0.1, -0.05) is 12.1 Å². The molecule has 0 N–H and O–H groups in total. The number of methoxy groups -OCH3 is 1. The third kappa shape index (κ3) is 4.14. The van der Waals surface area contributed by atoms with E-state index in [1.165, 1.54) is 12.8 Å². The minimum absolute atomic E-state index is 0. The molecule has 0 bridgehead atoms. The summed E-state index contributed by atoms with van der Waals surface area (Å²) in [6.07, 6.45) is 4.25. The van der Waals surface area contributed by atoms with E-state index in [0.29, 0.717) is 12.2 Å². The molecule has 28 heavy (non-hydrogen) atoms. The van der Waals surface area contributed by atoms with Gasteiger partial charge in [0.2, 0.25) is 5.69 Å². The molecule has 148 valence electrons. The number of carbonyl (C=O) groups excluding carboxylic acids is 1. The lowest BCUT2D eigenvalue weighted by atomic mass is 9.80. The molecule has 0 saturated carbocycles. The summed E-state index contributed by atoms with van der Waals surface area (Å²) in [6.45, 7) is 6.99. The molecule has 1 heterocycles. The number of nitrogens with zero attached hydrogens (tertiary/aromatic N) is 1. The highest BCUT2D eigenvalue weighted by Crippen LogP contribution is 2.40. The summed E-state index contributed by atoms with van der Waals surface area (Å²) in [4.78, 5) is 11.9. The van der Waals surface area contributed by atoms with Gasteiger partial charge in [-0.25, -0.2) is 4.79 Å². The van der Waals surface area contributed by atoms with Crippen molar-refractivity contribution >= 4 is 23.4 Å². The number of carbonyl (C=O) groups is 1. The Hall–Kier alpha value is -2.15. The molecule has 0 aliphatic carbocycles. The Balaban J connectivity index is 0.00000280. The number of hydrogen-bond acceptors (Lipinski definition) is 3. The van der Waals surface area contributed by atoms with Gasteiger partial charge < -0.3 is 33.5 Å². The van der Waals surface area contributed by atoms with Crippen LogP contribution in [0.4, 0.5) is 5.69 Å². The van der Waals surface area contributed by atoms with Crippen molar-refractivity contribution in [3.8, 4) is 5.75 Å². The zero-order valence-corrected chi connectivity index (χ0v) is 19.1. The number of esters is 1. The Labute approximate surface area is 183 Å². The number of ether oxygens (including phenoxy) is 2. The maximum Gasteiger partial charge on any atom is 0.337 e. The van der Waals surface area contributed by atoms with Gasteiger partial charge in [-0.2, -0.15) is 4.58 Å². The molecule has 0 saturated heterocycles. The first-order valence-corrected chi connectivity index (χ1v) is 9.13. The van der Waals surface area contributed by atoms with Gasteiger partial charge in [-0.05, 0) is 56.7 Å². The van der Waals surface area contributed by atoms with Crippen molar-refractivity contribution in [3.63, 3.8) is 0 Å². The van der Waals surface area contributed by atoms with E-state index in [0.717, 1.165) is 22.6 Å². The van der Waals surface area contributed by atoms with Crippen LogP contribution in [0.3, 0.4) is 0 Å². The molecule has 5 heteroatoms. The second kappa shape index (κ2) is 8.90. The molecule has 0 unspecified atom stereocenters. The van der Waals surface area contributed by atoms with Crippen LogP contribution in [0.1, 0.15) is 42.3 Å². The van der Waals surface area contributed by atoms with Crippen molar-refractivity contribution in [3.05, 3.63) is 65.2 Å². The van der Waals surface area contributed by atoms with E-state index in [1.54, 1.807) is 0 Å². The minimum Gasteiger partial charge on any atom is -1.00 e. The molecule has 0 aromatic heterocycles. The topological polar surface area (TPSA) is 38.5 Å². The Kier molecular flexibility index (Phi) is 7.04. The van der Waals surface area contributed by atoms with E-state index in [2.05, 4.69) is 37.6 Å². The van der Waals surface area contributed by atoms with E-state index in [1.807, 2.05) is 49.4 Å². The van der Waals surface area contributed by atoms with Crippen LogP contribution in [0, 0.1) is 0 Å². The average Bonchev–Trinajstić information content (AvgIpc) is 2.86. The Morgan fingerprint density at radius 3 is 2.39 bits per heavy atom. The fourth-order valence-corrected chi connectivity index (χ4v) is 3.60. The summed E-state index contributed by atoms with van der Waals surface area (Å²) in [7, 11) is 3.47. The summed E-state index contributed by atoms with van der Waals surface area (Å²) < 4.78 is 12.5. The first kappa shape index (κ1) is 22.1. The molecular formula is C23H26INO3. The minimum atomic E-state index is -0.311. The zero-order valence-electron chi connectivity index (χ0n) is 17.0. The van der Waals surface area contributed by atoms with E-state index >= 15 is 0 Å². The molecule has 0 spiro atoms. The lowest BCUT2D eigenvalue weighted by Crippen LogP contribution is -3.00. The highest BCUT2D eigenvalue weighted by atomic mass is 127. The van der Waals surface area contributed by atoms with Gasteiger partial charge in [-0.15, -0.1) is 0 Å². The predicted octanol–water partition coefficient (Wildman–Crippen LogP) is 1.60. The van der Waals surface area contributed by atoms with Crippen molar-refractivity contribution < 1.29 is 42.8 Å². The number of allylic oxidation sites excluding steroid dienone is 1. The van der Waals surface area contributed by atoms with Crippen LogP contribution in [-0.2, 0) is 10.2 Å². The van der Waals surface area contributed by atoms with Crippen molar-refractivity contribution in [2.75, 3.05) is 20.8 Å². The number of benzene rings is 2. The molecule has 1 aliphatic heterocycles. The van der Waals surface area contributed by atoms with Crippen LogP contribution < -0.4 is 28.7 Å². The molecule has 2 aromatic carbocycles. The van der Waals surface area contributed by atoms with Crippen LogP contribution in [-0.4, -0.2) is 37.0 Å². The molecule has 0 fully saturated rings. The van der Waals surface area contributed by atoms with E-state index in [9.17, 15) is 4.79 Å². The highest BCUT2D eigenvalue weighted by molar-refractivity contribution is 6.05. The van der Waals surface area contributed by atoms with Crippen LogP contribution in [0.15, 0.2) is 48.5 Å². The van der Waals surface area contributed by atoms with Gasteiger partial charge >= 0.3 is 5.97 Å². The second-order valence-corrected chi connectivity index (χ2v) is 7.13. The summed E-state index contributed by atoms with van der Waals surface area (Å²) in [5.41, 5.74) is 4.89. The molecule has 4 nitrogen and oxygen atoms in total. The normalized spacial score (nSPS) is 14.6. The first-order chi connectivity index (χ1) is 12.9. The summed E-state index contributed by atoms with van der Waals surface area (Å²) >= 11 is 0. The molecular weight excluding hydrogens is 465 g/mol. The standard InChI is InChI=1S/C23H26NO3.HI/c1-6-27-18-11-7-16(8-12-18)9-14-21-23(2,3)19-15-17(22(25)26-5)10-13-20(19)24(21)4;/h7-15H,6H2,1-5H3;1H/q+1;/p-1. The number of hydrogen-bond donors (Lipinski definition) is 0. The van der Waals surface area contributed by atoms with E-state index in [-0.39, 0.29) is 35.4 Å². The molecule has 0 atom stereocenters. The van der Waals surface area contributed by atoms with Gasteiger partial charge in [0.25, 0.3) is 0 Å². The second-order valence-electron chi connectivity index (χ2n) is 7.13. The van der Waals surface area contributed by atoms with Crippen molar-refractivity contribution in [1.82, 2.24) is 0 Å². The van der Waals surface area contributed by atoms with Crippen LogP contribution in [0.25, 0.3) is 6.08 Å². The van der Waals surface area contributed by atoms with Crippen molar-refractivity contribution in [2.24, 2.45) is 0 Å².